The van der Waals surface area contributed by atoms with Gasteiger partial charge >= 0.3 is 0 Å². The Kier molecular flexibility index (Phi) is 2.77. The molecule has 2 aromatic rings. The zero-order valence-electron chi connectivity index (χ0n) is 11.4. The minimum absolute atomic E-state index is 0.291. The summed E-state index contributed by atoms with van der Waals surface area (Å²) in [6.45, 7) is 2.31. The molecule has 1 aliphatic heterocycles. The fourth-order valence-electron chi connectivity index (χ4n) is 3.14. The third-order valence-electron chi connectivity index (χ3n) is 4.37. The van der Waals surface area contributed by atoms with E-state index in [1.807, 2.05) is 18.3 Å². The molecule has 4 rings (SSSR count). The number of hydrogen-bond acceptors (Lipinski definition) is 4. The summed E-state index contributed by atoms with van der Waals surface area (Å²) >= 11 is 0. The van der Waals surface area contributed by atoms with Crippen molar-refractivity contribution < 1.29 is 5.11 Å². The quantitative estimate of drug-likeness (QED) is 0.899. The Morgan fingerprint density at radius 1 is 1.20 bits per heavy atom. The van der Waals surface area contributed by atoms with E-state index in [0.717, 1.165) is 29.2 Å². The van der Waals surface area contributed by atoms with Crippen molar-refractivity contribution in [2.75, 3.05) is 18.4 Å². The van der Waals surface area contributed by atoms with Gasteiger partial charge in [-0.3, -0.25) is 4.90 Å². The smallest absolute Gasteiger partial charge is 0.134 e. The van der Waals surface area contributed by atoms with Crippen molar-refractivity contribution in [3.8, 4) is 5.75 Å². The van der Waals surface area contributed by atoms with Crippen LogP contribution >= 0.6 is 0 Å². The second kappa shape index (κ2) is 4.63. The molecule has 2 N–H and O–H groups in total. The maximum absolute atomic E-state index is 9.67. The standard InChI is InChI=1S/C16H19N3O/c20-14-4-1-11-5-7-17-16(15(11)9-14)18-12-6-8-19(10-12)13-2-3-13/h1,4-5,7,9,12-13,20H,2-3,6,8,10H2,(H,17,18). The summed E-state index contributed by atoms with van der Waals surface area (Å²) in [4.78, 5) is 7.04. The Balaban J connectivity index is 1.57. The Bertz CT molecular complexity index is 639. The third kappa shape index (κ3) is 2.20. The number of phenolic OH excluding ortho intramolecular Hbond substituents is 1. The van der Waals surface area contributed by atoms with E-state index in [4.69, 9.17) is 0 Å². The molecule has 0 bridgehead atoms. The Morgan fingerprint density at radius 2 is 2.10 bits per heavy atom. The predicted octanol–water partition coefficient (Wildman–Crippen LogP) is 2.59. The third-order valence-corrected chi connectivity index (χ3v) is 4.37. The highest BCUT2D eigenvalue weighted by atomic mass is 16.3. The molecule has 0 amide bonds. The van der Waals surface area contributed by atoms with Gasteiger partial charge in [-0.15, -0.1) is 0 Å². The van der Waals surface area contributed by atoms with Crippen molar-refractivity contribution in [3.63, 3.8) is 0 Å². The molecule has 1 aromatic heterocycles. The highest BCUT2D eigenvalue weighted by Gasteiger charge is 2.34. The fraction of sp³-hybridized carbons (Fsp3) is 0.438. The van der Waals surface area contributed by atoms with Crippen molar-refractivity contribution in [2.45, 2.75) is 31.3 Å². The van der Waals surface area contributed by atoms with Gasteiger partial charge in [-0.25, -0.2) is 4.98 Å². The molecule has 0 radical (unpaired) electrons. The molecule has 1 atom stereocenters. The second-order valence-electron chi connectivity index (χ2n) is 5.92. The molecule has 1 saturated heterocycles. The lowest BCUT2D eigenvalue weighted by molar-refractivity contribution is 0.326. The molecule has 104 valence electrons. The van der Waals surface area contributed by atoms with Gasteiger partial charge in [-0.05, 0) is 42.8 Å². The van der Waals surface area contributed by atoms with Crippen LogP contribution in [0.4, 0.5) is 5.82 Å². The first-order valence-corrected chi connectivity index (χ1v) is 7.38. The Hall–Kier alpha value is -1.81. The van der Waals surface area contributed by atoms with Gasteiger partial charge in [0.1, 0.15) is 11.6 Å². The molecule has 4 heteroatoms. The van der Waals surface area contributed by atoms with Gasteiger partial charge in [0.05, 0.1) is 0 Å². The molecular weight excluding hydrogens is 250 g/mol. The van der Waals surface area contributed by atoms with Gasteiger partial charge in [0, 0.05) is 36.8 Å². The van der Waals surface area contributed by atoms with Crippen molar-refractivity contribution in [1.82, 2.24) is 9.88 Å². The summed E-state index contributed by atoms with van der Waals surface area (Å²) in [5, 5.41) is 15.3. The SMILES string of the molecule is Oc1ccc2ccnc(NC3CCN(C4CC4)C3)c2c1. The number of aromatic hydroxyl groups is 1. The fourth-order valence-corrected chi connectivity index (χ4v) is 3.14. The number of nitrogens with one attached hydrogen (secondary N) is 1. The normalized spacial score (nSPS) is 23.3. The minimum Gasteiger partial charge on any atom is -0.508 e. The van der Waals surface area contributed by atoms with Crippen LogP contribution in [0.25, 0.3) is 10.8 Å². The molecule has 2 fully saturated rings. The summed E-state index contributed by atoms with van der Waals surface area (Å²) in [5.41, 5.74) is 0. The summed E-state index contributed by atoms with van der Waals surface area (Å²) in [6.07, 6.45) is 5.74. The lowest BCUT2D eigenvalue weighted by Crippen LogP contribution is -2.28. The topological polar surface area (TPSA) is 48.4 Å². The van der Waals surface area contributed by atoms with E-state index in [1.54, 1.807) is 12.1 Å². The predicted molar refractivity (Wildman–Crippen MR) is 80.0 cm³/mol. The lowest BCUT2D eigenvalue weighted by Gasteiger charge is -2.17. The molecule has 2 aliphatic rings. The molecule has 2 heterocycles. The van der Waals surface area contributed by atoms with Crippen molar-refractivity contribution in [1.29, 1.82) is 0 Å². The number of hydrogen-bond donors (Lipinski definition) is 2. The Morgan fingerprint density at radius 3 is 2.95 bits per heavy atom. The number of fused-ring (bicyclic) bond motifs is 1. The zero-order valence-corrected chi connectivity index (χ0v) is 11.4. The van der Waals surface area contributed by atoms with Gasteiger partial charge in [-0.1, -0.05) is 6.07 Å². The van der Waals surface area contributed by atoms with Crippen molar-refractivity contribution >= 4 is 16.6 Å². The molecule has 1 saturated carbocycles. The van der Waals surface area contributed by atoms with E-state index in [9.17, 15) is 5.11 Å². The number of aromatic nitrogens is 1. The maximum atomic E-state index is 9.67. The summed E-state index contributed by atoms with van der Waals surface area (Å²) in [7, 11) is 0. The summed E-state index contributed by atoms with van der Waals surface area (Å²) in [6, 6.07) is 8.73. The molecule has 1 aromatic carbocycles. The number of rotatable bonds is 3. The average molecular weight is 269 g/mol. The second-order valence-corrected chi connectivity index (χ2v) is 5.92. The largest absolute Gasteiger partial charge is 0.508 e. The first-order valence-electron chi connectivity index (χ1n) is 7.38. The average Bonchev–Trinajstić information content (AvgIpc) is 3.20. The number of anilines is 1. The highest BCUT2D eigenvalue weighted by Crippen LogP contribution is 2.31. The van der Waals surface area contributed by atoms with Gasteiger partial charge < -0.3 is 10.4 Å². The highest BCUT2D eigenvalue weighted by molar-refractivity contribution is 5.92. The van der Waals surface area contributed by atoms with Crippen LogP contribution in [-0.4, -0.2) is 40.2 Å². The summed E-state index contributed by atoms with van der Waals surface area (Å²) < 4.78 is 0. The van der Waals surface area contributed by atoms with Crippen LogP contribution in [0.5, 0.6) is 5.75 Å². The molecule has 1 unspecified atom stereocenters. The Labute approximate surface area is 118 Å². The number of likely N-dealkylation sites (tertiary alicyclic amines) is 1. The minimum atomic E-state index is 0.291. The van der Waals surface area contributed by atoms with E-state index in [1.165, 1.54) is 25.8 Å². The lowest BCUT2D eigenvalue weighted by atomic mass is 10.1. The van der Waals surface area contributed by atoms with E-state index >= 15 is 0 Å². The molecular formula is C16H19N3O. The van der Waals surface area contributed by atoms with E-state index in [-0.39, 0.29) is 0 Å². The van der Waals surface area contributed by atoms with Gasteiger partial charge in [0.15, 0.2) is 0 Å². The van der Waals surface area contributed by atoms with Crippen LogP contribution in [0.15, 0.2) is 30.5 Å². The van der Waals surface area contributed by atoms with Crippen LogP contribution in [0.2, 0.25) is 0 Å². The number of phenols is 1. The van der Waals surface area contributed by atoms with Gasteiger partial charge in [0.2, 0.25) is 0 Å². The van der Waals surface area contributed by atoms with E-state index in [0.29, 0.717) is 11.8 Å². The van der Waals surface area contributed by atoms with E-state index < -0.39 is 0 Å². The van der Waals surface area contributed by atoms with Crippen molar-refractivity contribution in [2.24, 2.45) is 0 Å². The number of pyridine rings is 1. The first kappa shape index (κ1) is 12.0. The molecule has 0 spiro atoms. The monoisotopic (exact) mass is 269 g/mol. The van der Waals surface area contributed by atoms with Crippen LogP contribution in [0.1, 0.15) is 19.3 Å². The van der Waals surface area contributed by atoms with Crippen LogP contribution < -0.4 is 5.32 Å². The first-order chi connectivity index (χ1) is 9.79. The van der Waals surface area contributed by atoms with Crippen LogP contribution in [-0.2, 0) is 0 Å². The number of benzene rings is 1. The van der Waals surface area contributed by atoms with E-state index in [2.05, 4.69) is 15.2 Å². The molecule has 1 aliphatic carbocycles. The number of nitrogens with zero attached hydrogens (tertiary/aromatic N) is 2. The maximum Gasteiger partial charge on any atom is 0.134 e. The van der Waals surface area contributed by atoms with Gasteiger partial charge in [0.25, 0.3) is 0 Å². The zero-order chi connectivity index (χ0) is 13.5. The van der Waals surface area contributed by atoms with Crippen molar-refractivity contribution in [3.05, 3.63) is 30.5 Å². The van der Waals surface area contributed by atoms with Crippen LogP contribution in [0.3, 0.4) is 0 Å². The van der Waals surface area contributed by atoms with Crippen LogP contribution in [0, 0.1) is 0 Å². The molecule has 4 nitrogen and oxygen atoms in total. The summed E-state index contributed by atoms with van der Waals surface area (Å²) in [5.74, 6) is 1.18. The molecule has 20 heavy (non-hydrogen) atoms. The van der Waals surface area contributed by atoms with Gasteiger partial charge in [-0.2, -0.15) is 0 Å².